The van der Waals surface area contributed by atoms with Crippen LogP contribution in [0.25, 0.3) is 6.08 Å². The Morgan fingerprint density at radius 3 is 2.71 bits per heavy atom. The molecule has 24 heavy (non-hydrogen) atoms. The van der Waals surface area contributed by atoms with Crippen molar-refractivity contribution in [2.75, 3.05) is 5.32 Å². The Balaban J connectivity index is 1.81. The summed E-state index contributed by atoms with van der Waals surface area (Å²) in [5.41, 5.74) is 2.94. The minimum absolute atomic E-state index is 0.0838. The van der Waals surface area contributed by atoms with E-state index in [-0.39, 0.29) is 24.3 Å². The van der Waals surface area contributed by atoms with Gasteiger partial charge >= 0.3 is 0 Å². The lowest BCUT2D eigenvalue weighted by molar-refractivity contribution is -0.129. The highest BCUT2D eigenvalue weighted by atomic mass is 32.1. The van der Waals surface area contributed by atoms with Crippen LogP contribution in [0, 0.1) is 13.8 Å². The molecule has 1 atom stereocenters. The third kappa shape index (κ3) is 3.23. The Morgan fingerprint density at radius 2 is 2.04 bits per heavy atom. The molecule has 1 N–H and O–H groups in total. The number of benzene rings is 1. The fraction of sp³-hybridized carbons (Fsp3) is 0.278. The summed E-state index contributed by atoms with van der Waals surface area (Å²) >= 11 is 1.46. The Bertz CT molecular complexity index is 806. The molecule has 1 aromatic heterocycles. The molecular weight excluding hydrogens is 322 g/mol. The van der Waals surface area contributed by atoms with Crippen LogP contribution in [0.4, 0.5) is 5.13 Å². The van der Waals surface area contributed by atoms with Crippen LogP contribution in [0.2, 0.25) is 0 Å². The van der Waals surface area contributed by atoms with E-state index in [0.717, 1.165) is 21.7 Å². The minimum atomic E-state index is -0.300. The third-order valence-corrected chi connectivity index (χ3v) is 5.11. The summed E-state index contributed by atoms with van der Waals surface area (Å²) in [5, 5.41) is 3.45. The monoisotopic (exact) mass is 341 g/mol. The number of thiazole rings is 1. The molecule has 0 saturated carbocycles. The smallest absolute Gasteiger partial charge is 0.228 e. The number of fused-ring (bicyclic) bond motifs is 1. The molecule has 6 heteroatoms. The molecule has 0 aliphatic carbocycles. The van der Waals surface area contributed by atoms with Crippen LogP contribution in [-0.4, -0.2) is 21.7 Å². The normalized spacial score (nSPS) is 16.0. The molecule has 0 fully saturated rings. The number of rotatable bonds is 3. The number of nitrogens with one attached hydrogen (secondary N) is 1. The number of nitrogens with zero attached hydrogens (tertiary/aromatic N) is 2. The molecule has 124 valence electrons. The lowest BCUT2D eigenvalue weighted by atomic mass is 9.93. The molecule has 5 nitrogen and oxygen atoms in total. The molecule has 0 radical (unpaired) electrons. The first kappa shape index (κ1) is 16.4. The summed E-state index contributed by atoms with van der Waals surface area (Å²) in [5.74, 6) is -0.232. The van der Waals surface area contributed by atoms with E-state index >= 15 is 0 Å². The Kier molecular flexibility index (Phi) is 4.49. The van der Waals surface area contributed by atoms with Crippen LogP contribution < -0.4 is 5.32 Å². The molecule has 0 bridgehead atoms. The number of anilines is 1. The quantitative estimate of drug-likeness (QED) is 0.926. The Morgan fingerprint density at radius 1 is 1.29 bits per heavy atom. The molecule has 2 amide bonds. The Labute approximate surface area is 145 Å². The number of hydrogen-bond donors (Lipinski definition) is 1. The van der Waals surface area contributed by atoms with Crippen molar-refractivity contribution in [1.29, 1.82) is 0 Å². The van der Waals surface area contributed by atoms with Crippen molar-refractivity contribution in [3.05, 3.63) is 52.2 Å². The van der Waals surface area contributed by atoms with Gasteiger partial charge in [-0.05, 0) is 31.1 Å². The van der Waals surface area contributed by atoms with Gasteiger partial charge in [-0.2, -0.15) is 0 Å². The van der Waals surface area contributed by atoms with E-state index in [0.29, 0.717) is 5.13 Å². The van der Waals surface area contributed by atoms with Crippen molar-refractivity contribution in [3.8, 4) is 0 Å². The van der Waals surface area contributed by atoms with Gasteiger partial charge in [-0.25, -0.2) is 4.98 Å². The van der Waals surface area contributed by atoms with Gasteiger partial charge in [0.05, 0.1) is 18.2 Å². The van der Waals surface area contributed by atoms with Crippen molar-refractivity contribution < 1.29 is 9.59 Å². The van der Waals surface area contributed by atoms with E-state index in [1.165, 1.54) is 18.3 Å². The summed E-state index contributed by atoms with van der Waals surface area (Å²) in [6.45, 7) is 5.40. The summed E-state index contributed by atoms with van der Waals surface area (Å²) in [6.07, 6.45) is 3.84. The number of aryl methyl sites for hydroxylation is 2. The molecule has 0 unspecified atom stereocenters. The van der Waals surface area contributed by atoms with Gasteiger partial charge in [0.25, 0.3) is 0 Å². The van der Waals surface area contributed by atoms with Gasteiger partial charge in [0.15, 0.2) is 5.13 Å². The van der Waals surface area contributed by atoms with E-state index in [1.807, 2.05) is 44.2 Å². The first-order valence-corrected chi connectivity index (χ1v) is 8.57. The molecule has 1 aromatic carbocycles. The molecule has 3 rings (SSSR count). The van der Waals surface area contributed by atoms with Crippen molar-refractivity contribution >= 4 is 34.4 Å². The van der Waals surface area contributed by atoms with Crippen LogP contribution in [0.5, 0.6) is 0 Å². The van der Waals surface area contributed by atoms with Gasteiger partial charge in [-0.15, -0.1) is 11.3 Å². The van der Waals surface area contributed by atoms with E-state index in [4.69, 9.17) is 0 Å². The van der Waals surface area contributed by atoms with Gasteiger partial charge in [0, 0.05) is 18.0 Å². The van der Waals surface area contributed by atoms with Crippen LogP contribution in [0.15, 0.2) is 30.5 Å². The van der Waals surface area contributed by atoms with E-state index in [1.54, 1.807) is 11.1 Å². The maximum Gasteiger partial charge on any atom is 0.228 e. The summed E-state index contributed by atoms with van der Waals surface area (Å²) in [7, 11) is 0. The standard InChI is InChI=1S/C18H19N3O2S/c1-11-12(2)24-18(19-11)20-17(23)10-16-15-7-5-4-6-14(15)8-9-21(16)13(3)22/h4-9,16H,10H2,1-3H3,(H,19,20,23)/t16-/m1/s1. The highest BCUT2D eigenvalue weighted by Gasteiger charge is 2.28. The van der Waals surface area contributed by atoms with Gasteiger partial charge < -0.3 is 10.2 Å². The summed E-state index contributed by atoms with van der Waals surface area (Å²) in [6, 6.07) is 7.53. The zero-order valence-corrected chi connectivity index (χ0v) is 14.7. The van der Waals surface area contributed by atoms with Crippen LogP contribution in [0.1, 0.15) is 41.1 Å². The second-order valence-corrected chi connectivity index (χ2v) is 7.00. The third-order valence-electron chi connectivity index (χ3n) is 4.12. The molecule has 1 aliphatic heterocycles. The second kappa shape index (κ2) is 6.57. The lowest BCUT2D eigenvalue weighted by Gasteiger charge is -2.32. The number of hydrogen-bond acceptors (Lipinski definition) is 4. The lowest BCUT2D eigenvalue weighted by Crippen LogP contribution is -2.33. The highest BCUT2D eigenvalue weighted by Crippen LogP contribution is 2.33. The average molecular weight is 341 g/mol. The van der Waals surface area contributed by atoms with Gasteiger partial charge in [-0.1, -0.05) is 24.3 Å². The van der Waals surface area contributed by atoms with Gasteiger partial charge in [-0.3, -0.25) is 9.59 Å². The number of aromatic nitrogens is 1. The van der Waals surface area contributed by atoms with Crippen LogP contribution in [0.3, 0.4) is 0 Å². The van der Waals surface area contributed by atoms with E-state index in [9.17, 15) is 9.59 Å². The van der Waals surface area contributed by atoms with E-state index in [2.05, 4.69) is 10.3 Å². The molecule has 2 aromatic rings. The summed E-state index contributed by atoms with van der Waals surface area (Å²) in [4.78, 5) is 31.4. The van der Waals surface area contributed by atoms with Gasteiger partial charge in [0.2, 0.25) is 11.8 Å². The maximum absolute atomic E-state index is 12.5. The second-order valence-electron chi connectivity index (χ2n) is 5.80. The number of carbonyl (C=O) groups is 2. The van der Waals surface area contributed by atoms with Gasteiger partial charge in [0.1, 0.15) is 0 Å². The van der Waals surface area contributed by atoms with E-state index < -0.39 is 0 Å². The van der Waals surface area contributed by atoms with Crippen LogP contribution >= 0.6 is 11.3 Å². The fourth-order valence-electron chi connectivity index (χ4n) is 2.79. The molecule has 0 spiro atoms. The molecule has 2 heterocycles. The predicted octanol–water partition coefficient (Wildman–Crippen LogP) is 3.66. The number of carbonyl (C=O) groups excluding carboxylic acids is 2. The van der Waals surface area contributed by atoms with Crippen molar-refractivity contribution in [3.63, 3.8) is 0 Å². The maximum atomic E-state index is 12.5. The Hall–Kier alpha value is -2.47. The average Bonchev–Trinajstić information content (AvgIpc) is 2.85. The zero-order chi connectivity index (χ0) is 17.3. The zero-order valence-electron chi connectivity index (χ0n) is 13.9. The van der Waals surface area contributed by atoms with Crippen LogP contribution in [-0.2, 0) is 9.59 Å². The van der Waals surface area contributed by atoms with Crippen molar-refractivity contribution in [2.45, 2.75) is 33.2 Å². The fourth-order valence-corrected chi connectivity index (χ4v) is 3.62. The summed E-state index contributed by atoms with van der Waals surface area (Å²) < 4.78 is 0. The predicted molar refractivity (Wildman–Crippen MR) is 95.6 cm³/mol. The SMILES string of the molecule is CC(=O)N1C=Cc2ccccc2[C@H]1CC(=O)Nc1nc(C)c(C)s1. The molecule has 1 aliphatic rings. The van der Waals surface area contributed by atoms with Crippen molar-refractivity contribution in [2.24, 2.45) is 0 Å². The van der Waals surface area contributed by atoms with Crippen molar-refractivity contribution in [1.82, 2.24) is 9.88 Å². The minimum Gasteiger partial charge on any atom is -0.311 e. The first-order valence-electron chi connectivity index (χ1n) is 7.75. The first-order chi connectivity index (χ1) is 11.5. The topological polar surface area (TPSA) is 62.3 Å². The highest BCUT2D eigenvalue weighted by molar-refractivity contribution is 7.15. The molecule has 0 saturated heterocycles. The number of amides is 2. The largest absolute Gasteiger partial charge is 0.311 e. The molecular formula is C18H19N3O2S.